The molecule has 4 rings (SSSR count). The first-order valence-corrected chi connectivity index (χ1v) is 33.7. The van der Waals surface area contributed by atoms with Gasteiger partial charge >= 0.3 is 0 Å². The Bertz CT molecular complexity index is 3450. The number of fused-ring (bicyclic) bond motifs is 1. The Morgan fingerprint density at radius 1 is 0.420 bits per heavy atom. The summed E-state index contributed by atoms with van der Waals surface area (Å²) in [4.78, 5) is 192. The number of para-hydroxylation sites is 1. The zero-order valence-electron chi connectivity index (χ0n) is 58.1. The molecule has 100 heavy (non-hydrogen) atoms. The number of carbonyl (C=O) groups is 14. The summed E-state index contributed by atoms with van der Waals surface area (Å²) in [6, 6.07) is 12.1. The second kappa shape index (κ2) is 41.8. The van der Waals surface area contributed by atoms with Gasteiger partial charge in [0.15, 0.2) is 0 Å². The molecule has 13 atom stereocenters. The number of rotatable bonds is 43. The molecule has 0 saturated heterocycles. The van der Waals surface area contributed by atoms with Gasteiger partial charge < -0.3 is 91.7 Å². The predicted molar refractivity (Wildman–Crippen MR) is 372 cm³/mol. The Hall–Kier alpha value is -10.3. The van der Waals surface area contributed by atoms with E-state index < -0.39 is 181 Å². The molecule has 3 aromatic carbocycles. The number of benzene rings is 3. The molecule has 1 aromatic heterocycles. The average Bonchev–Trinajstić information content (AvgIpc) is 1.60. The zero-order valence-corrected chi connectivity index (χ0v) is 58.1. The average molecular weight is 1390 g/mol. The van der Waals surface area contributed by atoms with Crippen LogP contribution in [-0.4, -0.2) is 174 Å². The summed E-state index contributed by atoms with van der Waals surface area (Å²) >= 11 is 0. The number of amides is 14. The summed E-state index contributed by atoms with van der Waals surface area (Å²) in [5.41, 5.74) is 25.8. The topological polar surface area (TPSA) is 503 Å². The number of nitrogens with two attached hydrogens (primary N) is 4. The number of hydrogen-bond donors (Lipinski definition) is 17. The van der Waals surface area contributed by atoms with Gasteiger partial charge in [-0.2, -0.15) is 0 Å². The van der Waals surface area contributed by atoms with Gasteiger partial charge in [0.25, 0.3) is 0 Å². The van der Waals surface area contributed by atoms with Gasteiger partial charge in [-0.1, -0.05) is 140 Å². The van der Waals surface area contributed by atoms with Crippen LogP contribution in [0.5, 0.6) is 0 Å². The highest BCUT2D eigenvalue weighted by Gasteiger charge is 2.36. The molecule has 0 fully saturated rings. The maximum atomic E-state index is 14.4. The van der Waals surface area contributed by atoms with Crippen LogP contribution in [0.25, 0.3) is 10.9 Å². The third-order valence-corrected chi connectivity index (χ3v) is 17.2. The predicted octanol–water partition coefficient (Wildman–Crippen LogP) is -2.10. The van der Waals surface area contributed by atoms with Gasteiger partial charge in [0.1, 0.15) is 54.4 Å². The number of unbranched alkanes of at least 4 members (excludes halogenated alkanes) is 1. The highest BCUT2D eigenvalue weighted by Crippen LogP contribution is 2.20. The molecule has 0 aliphatic carbocycles. The van der Waals surface area contributed by atoms with Crippen molar-refractivity contribution >= 4 is 93.6 Å². The van der Waals surface area contributed by atoms with E-state index in [4.69, 9.17) is 22.9 Å². The molecule has 4 aromatic rings. The third kappa shape index (κ3) is 27.2. The van der Waals surface area contributed by atoms with Gasteiger partial charge in [-0.25, -0.2) is 0 Å². The summed E-state index contributed by atoms with van der Waals surface area (Å²) in [5, 5.41) is 31.4. The Labute approximate surface area is 582 Å². The van der Waals surface area contributed by atoms with Crippen LogP contribution in [0, 0.1) is 17.8 Å². The maximum absolute atomic E-state index is 14.4. The van der Waals surface area contributed by atoms with Crippen molar-refractivity contribution in [1.29, 1.82) is 0 Å². The minimum atomic E-state index is -1.66. The van der Waals surface area contributed by atoms with Crippen LogP contribution in [0.2, 0.25) is 0 Å². The van der Waals surface area contributed by atoms with Crippen LogP contribution in [0.4, 0.5) is 0 Å². The largest absolute Gasteiger partial charge is 0.370 e. The first-order chi connectivity index (χ1) is 47.5. The number of aromatic amines is 1. The number of carbonyl (C=O) groups excluding carboxylic acids is 14. The minimum Gasteiger partial charge on any atom is -0.370 e. The van der Waals surface area contributed by atoms with Crippen LogP contribution in [0.15, 0.2) is 91.1 Å². The fourth-order valence-corrected chi connectivity index (χ4v) is 10.4. The first-order valence-electron chi connectivity index (χ1n) is 33.7. The van der Waals surface area contributed by atoms with Crippen molar-refractivity contribution in [1.82, 2.24) is 68.8 Å². The van der Waals surface area contributed by atoms with Crippen LogP contribution >= 0.6 is 0 Å². The van der Waals surface area contributed by atoms with Crippen molar-refractivity contribution in [3.8, 4) is 0 Å². The minimum absolute atomic E-state index is 0.0190. The summed E-state index contributed by atoms with van der Waals surface area (Å²) in [6.45, 7) is 11.5. The molecule has 0 radical (unpaired) electrons. The van der Waals surface area contributed by atoms with Crippen molar-refractivity contribution in [2.75, 3.05) is 26.2 Å². The molecule has 31 nitrogen and oxygen atoms in total. The van der Waals surface area contributed by atoms with E-state index in [1.807, 2.05) is 32.0 Å². The second-order valence-electron chi connectivity index (χ2n) is 25.1. The Kier molecular flexibility index (Phi) is 34.4. The number of primary amides is 2. The van der Waals surface area contributed by atoms with E-state index in [9.17, 15) is 67.1 Å². The lowest BCUT2D eigenvalue weighted by Gasteiger charge is -2.29. The fourth-order valence-electron chi connectivity index (χ4n) is 10.4. The number of hydrogen-bond acceptors (Lipinski definition) is 16. The lowest BCUT2D eigenvalue weighted by Crippen LogP contribution is -2.60. The summed E-state index contributed by atoms with van der Waals surface area (Å²) in [5.74, 6) is -12.8. The van der Waals surface area contributed by atoms with Crippen molar-refractivity contribution < 1.29 is 67.1 Å². The first kappa shape index (κ1) is 82.1. The van der Waals surface area contributed by atoms with Crippen LogP contribution in [0.3, 0.4) is 0 Å². The standard InChI is InChI=1S/C69H101N17O14/c1-9-38(4)57(72)67(98)84-50(30-43-22-14-12-15-23-43)63(94)76-35-54(88)78-42(8)62(93)85-58(39(5)10-2)68(99)79-41(7)61(92)75-36-56(90)81-51(31-44-24-16-13-17-25-44)66(97)86-59(40(6)11-3)69(100)82-48(28-20-21-29-70)65(96)83-52(33-53(71)87)64(95)77-37-55(89)80-49(60(73)91)32-45-34-74-47-27-19-18-26-46(45)47/h12-19,22-27,34,38-42,48-52,57-59,74H,9-11,20-21,28-33,35-37,70,72H2,1-8H3,(H2,71,87)(H2,73,91)(H,75,92)(H,76,94)(H,77,95)(H,78,88)(H,79,99)(H,80,89)(H,81,90)(H,82,100)(H,83,96)(H,84,98)(H,85,93)(H,86,97)/t38-,39-,40-,41-,42-,48-,49-,50-,51-,52-,57-,58-,59-/m0/s1. The lowest BCUT2D eigenvalue weighted by atomic mass is 9.96. The monoisotopic (exact) mass is 1390 g/mol. The molecule has 1 heterocycles. The summed E-state index contributed by atoms with van der Waals surface area (Å²) in [7, 11) is 0. The molecule has 0 aliphatic heterocycles. The van der Waals surface area contributed by atoms with E-state index in [2.05, 4.69) is 68.8 Å². The van der Waals surface area contributed by atoms with Gasteiger partial charge in [-0.3, -0.25) is 67.1 Å². The number of H-pyrrole nitrogens is 1. The van der Waals surface area contributed by atoms with Crippen molar-refractivity contribution in [2.45, 2.75) is 180 Å². The Morgan fingerprint density at radius 2 is 0.860 bits per heavy atom. The van der Waals surface area contributed by atoms with E-state index in [1.165, 1.54) is 13.8 Å². The third-order valence-electron chi connectivity index (χ3n) is 17.2. The van der Waals surface area contributed by atoms with Crippen molar-refractivity contribution in [3.05, 3.63) is 108 Å². The second-order valence-corrected chi connectivity index (χ2v) is 25.1. The molecule has 31 heteroatoms. The van der Waals surface area contributed by atoms with Gasteiger partial charge in [-0.15, -0.1) is 0 Å². The normalized spacial score (nSPS) is 15.0. The Morgan fingerprint density at radius 3 is 1.39 bits per heavy atom. The molecular weight excluding hydrogens is 1290 g/mol. The van der Waals surface area contributed by atoms with Gasteiger partial charge in [0.05, 0.1) is 32.1 Å². The SMILES string of the molecule is CC[C@H](C)[C@H](N)C(=O)N[C@@H](Cc1ccccc1)C(=O)NCC(=O)N[C@@H](C)C(=O)N[C@H](C(=O)N[C@@H](C)C(=O)NCC(=O)N[C@@H](Cc1ccccc1)C(=O)N[C@H](C(=O)N[C@@H](CCCCN)C(=O)N[C@@H](CC(N)=O)C(=O)NCC(=O)N[C@@H](Cc1c[nH]c2ccccc12)C(N)=O)[C@@H](C)CC)[C@@H](C)CC. The van der Waals surface area contributed by atoms with E-state index in [1.54, 1.807) is 101 Å². The van der Waals surface area contributed by atoms with E-state index in [0.717, 1.165) is 16.5 Å². The van der Waals surface area contributed by atoms with Gasteiger partial charge in [0, 0.05) is 36.4 Å². The number of nitrogens with one attached hydrogen (secondary N) is 13. The van der Waals surface area contributed by atoms with E-state index >= 15 is 0 Å². The molecule has 21 N–H and O–H groups in total. The molecular formula is C69H101N17O14. The molecule has 0 saturated carbocycles. The highest BCUT2D eigenvalue weighted by atomic mass is 16.2. The fraction of sp³-hybridized carbons (Fsp3) is 0.507. The molecule has 0 aliphatic rings. The summed E-state index contributed by atoms with van der Waals surface area (Å²) in [6.07, 6.45) is 2.94. The van der Waals surface area contributed by atoms with Crippen molar-refractivity contribution in [3.63, 3.8) is 0 Å². The lowest BCUT2D eigenvalue weighted by molar-refractivity contribution is -0.136. The van der Waals surface area contributed by atoms with E-state index in [0.29, 0.717) is 36.8 Å². The molecule has 0 bridgehead atoms. The Balaban J connectivity index is 1.38. The molecule has 546 valence electrons. The summed E-state index contributed by atoms with van der Waals surface area (Å²) < 4.78 is 0. The van der Waals surface area contributed by atoms with Crippen LogP contribution in [-0.2, 0) is 86.4 Å². The molecule has 0 unspecified atom stereocenters. The molecule has 14 amide bonds. The smallest absolute Gasteiger partial charge is 0.243 e. The molecule has 0 spiro atoms. The zero-order chi connectivity index (χ0) is 74.2. The number of aromatic nitrogens is 1. The van der Waals surface area contributed by atoms with Gasteiger partial charge in [0.2, 0.25) is 82.7 Å². The maximum Gasteiger partial charge on any atom is 0.243 e. The van der Waals surface area contributed by atoms with Crippen molar-refractivity contribution in [2.24, 2.45) is 40.7 Å². The van der Waals surface area contributed by atoms with Gasteiger partial charge in [-0.05, 0) is 80.2 Å². The van der Waals surface area contributed by atoms with Crippen LogP contribution in [0.1, 0.15) is 117 Å². The highest BCUT2D eigenvalue weighted by molar-refractivity contribution is 6.00. The van der Waals surface area contributed by atoms with Crippen LogP contribution < -0.4 is 86.7 Å². The van der Waals surface area contributed by atoms with E-state index in [-0.39, 0.29) is 44.6 Å². The quantitative estimate of drug-likeness (QED) is 0.0211.